The number of ether oxygens (including phenoxy) is 1. The van der Waals surface area contributed by atoms with Crippen LogP contribution in [0.2, 0.25) is 0 Å². The van der Waals surface area contributed by atoms with E-state index >= 15 is 0 Å². The van der Waals surface area contributed by atoms with Crippen LogP contribution in [0.5, 0.6) is 5.75 Å². The fourth-order valence-electron chi connectivity index (χ4n) is 2.06. The molecule has 0 unspecified atom stereocenters. The highest BCUT2D eigenvalue weighted by Gasteiger charge is 2.18. The van der Waals surface area contributed by atoms with Crippen LogP contribution in [0, 0.1) is 10.1 Å². The van der Waals surface area contributed by atoms with Gasteiger partial charge in [0.25, 0.3) is 5.91 Å². The Morgan fingerprint density at radius 1 is 1.24 bits per heavy atom. The molecule has 132 valence electrons. The van der Waals surface area contributed by atoms with Gasteiger partial charge in [0.15, 0.2) is 5.75 Å². The van der Waals surface area contributed by atoms with Crippen molar-refractivity contribution in [3.8, 4) is 5.75 Å². The van der Waals surface area contributed by atoms with Gasteiger partial charge in [0, 0.05) is 18.2 Å². The minimum atomic E-state index is -3.78. The first-order valence-electron chi connectivity index (χ1n) is 6.94. The molecule has 1 amide bonds. The maximum absolute atomic E-state index is 12.1. The zero-order valence-electron chi connectivity index (χ0n) is 13.1. The van der Waals surface area contributed by atoms with Crippen molar-refractivity contribution in [2.24, 2.45) is 5.14 Å². The summed E-state index contributed by atoms with van der Waals surface area (Å²) in [6, 6.07) is 9.55. The van der Waals surface area contributed by atoms with E-state index in [1.807, 2.05) is 0 Å². The molecule has 10 heteroatoms. The average Bonchev–Trinajstić information content (AvgIpc) is 2.58. The van der Waals surface area contributed by atoms with Crippen LogP contribution in [0.15, 0.2) is 47.4 Å². The molecule has 0 saturated carbocycles. The van der Waals surface area contributed by atoms with Crippen molar-refractivity contribution in [3.63, 3.8) is 0 Å². The Morgan fingerprint density at radius 2 is 1.88 bits per heavy atom. The van der Waals surface area contributed by atoms with Crippen molar-refractivity contribution < 1.29 is 22.9 Å². The SMILES string of the molecule is COc1ccc(C(=O)NCc2ccc(S(N)(=O)=O)cc2)cc1[N+](=O)[O-]. The van der Waals surface area contributed by atoms with E-state index in [1.165, 1.54) is 43.5 Å². The molecule has 2 aromatic rings. The number of nitrogens with zero attached hydrogens (tertiary/aromatic N) is 1. The number of primary sulfonamides is 1. The van der Waals surface area contributed by atoms with Gasteiger partial charge in [-0.3, -0.25) is 14.9 Å². The molecular weight excluding hydrogens is 350 g/mol. The van der Waals surface area contributed by atoms with Gasteiger partial charge in [0.1, 0.15) is 0 Å². The molecule has 0 atom stereocenters. The minimum Gasteiger partial charge on any atom is -0.490 e. The topological polar surface area (TPSA) is 142 Å². The molecule has 0 aromatic heterocycles. The fourth-order valence-corrected chi connectivity index (χ4v) is 2.57. The summed E-state index contributed by atoms with van der Waals surface area (Å²) >= 11 is 0. The molecule has 0 spiro atoms. The first-order chi connectivity index (χ1) is 11.7. The predicted molar refractivity (Wildman–Crippen MR) is 88.6 cm³/mol. The smallest absolute Gasteiger partial charge is 0.311 e. The van der Waals surface area contributed by atoms with Gasteiger partial charge in [-0.25, -0.2) is 13.6 Å². The summed E-state index contributed by atoms with van der Waals surface area (Å²) in [7, 11) is -2.48. The maximum Gasteiger partial charge on any atom is 0.311 e. The Morgan fingerprint density at radius 3 is 2.40 bits per heavy atom. The lowest BCUT2D eigenvalue weighted by atomic mass is 10.1. The lowest BCUT2D eigenvalue weighted by Crippen LogP contribution is -2.23. The standard InChI is InChI=1S/C15H15N3O6S/c1-24-14-7-4-11(8-13(14)18(20)21)15(19)17-9-10-2-5-12(6-3-10)25(16,22)23/h2-8H,9H2,1H3,(H,17,19)(H2,16,22,23). The summed E-state index contributed by atoms with van der Waals surface area (Å²) < 4.78 is 27.2. The Labute approximate surface area is 143 Å². The number of methoxy groups -OCH3 is 1. The predicted octanol–water partition coefficient (Wildman–Crippen LogP) is 1.18. The number of nitro benzene ring substituents is 1. The highest BCUT2D eigenvalue weighted by atomic mass is 32.2. The van der Waals surface area contributed by atoms with E-state index in [1.54, 1.807) is 0 Å². The van der Waals surface area contributed by atoms with Crippen LogP contribution in [-0.4, -0.2) is 26.4 Å². The van der Waals surface area contributed by atoms with Crippen LogP contribution < -0.4 is 15.2 Å². The molecule has 0 aliphatic carbocycles. The molecule has 3 N–H and O–H groups in total. The van der Waals surface area contributed by atoms with Gasteiger partial charge >= 0.3 is 5.69 Å². The van der Waals surface area contributed by atoms with Crippen molar-refractivity contribution in [2.75, 3.05) is 7.11 Å². The number of nitrogens with one attached hydrogen (secondary N) is 1. The molecular formula is C15H15N3O6S. The molecule has 0 saturated heterocycles. The van der Waals surface area contributed by atoms with Gasteiger partial charge in [-0.05, 0) is 29.8 Å². The van der Waals surface area contributed by atoms with Crippen LogP contribution in [0.3, 0.4) is 0 Å². The number of benzene rings is 2. The van der Waals surface area contributed by atoms with Gasteiger partial charge < -0.3 is 10.1 Å². The van der Waals surface area contributed by atoms with Crippen LogP contribution in [0.4, 0.5) is 5.69 Å². The second-order valence-corrected chi connectivity index (χ2v) is 6.58. The minimum absolute atomic E-state index is 0.0339. The summed E-state index contributed by atoms with van der Waals surface area (Å²) in [4.78, 5) is 22.4. The van der Waals surface area contributed by atoms with Crippen molar-refractivity contribution in [2.45, 2.75) is 11.4 Å². The lowest BCUT2D eigenvalue weighted by Gasteiger charge is -2.07. The van der Waals surface area contributed by atoms with E-state index in [0.717, 1.165) is 6.07 Å². The van der Waals surface area contributed by atoms with Crippen LogP contribution >= 0.6 is 0 Å². The number of sulfonamides is 1. The number of nitro groups is 1. The zero-order chi connectivity index (χ0) is 18.6. The molecule has 2 aromatic carbocycles. The van der Waals surface area contributed by atoms with E-state index in [-0.39, 0.29) is 28.4 Å². The Hall–Kier alpha value is -2.98. The molecule has 0 radical (unpaired) electrons. The van der Waals surface area contributed by atoms with Gasteiger partial charge in [-0.1, -0.05) is 12.1 Å². The number of amides is 1. The fraction of sp³-hybridized carbons (Fsp3) is 0.133. The molecule has 0 bridgehead atoms. The second kappa shape index (κ2) is 7.28. The summed E-state index contributed by atoms with van der Waals surface area (Å²) in [5, 5.41) is 18.6. The number of carbonyl (C=O) groups is 1. The third-order valence-corrected chi connectivity index (χ3v) is 4.27. The first-order valence-corrected chi connectivity index (χ1v) is 8.49. The highest BCUT2D eigenvalue weighted by Crippen LogP contribution is 2.27. The zero-order valence-corrected chi connectivity index (χ0v) is 13.9. The lowest BCUT2D eigenvalue weighted by molar-refractivity contribution is -0.385. The molecule has 0 aliphatic rings. The van der Waals surface area contributed by atoms with E-state index in [4.69, 9.17) is 9.88 Å². The number of nitrogens with two attached hydrogens (primary N) is 1. The van der Waals surface area contributed by atoms with E-state index in [9.17, 15) is 23.3 Å². The van der Waals surface area contributed by atoms with Crippen LogP contribution in [-0.2, 0) is 16.6 Å². The average molecular weight is 365 g/mol. The van der Waals surface area contributed by atoms with Crippen LogP contribution in [0.25, 0.3) is 0 Å². The summed E-state index contributed by atoms with van der Waals surface area (Å²) in [6.07, 6.45) is 0. The quantitative estimate of drug-likeness (QED) is 0.581. The first kappa shape index (κ1) is 18.4. The maximum atomic E-state index is 12.1. The number of hydrogen-bond donors (Lipinski definition) is 2. The van der Waals surface area contributed by atoms with Gasteiger partial charge in [-0.2, -0.15) is 0 Å². The third-order valence-electron chi connectivity index (χ3n) is 3.34. The van der Waals surface area contributed by atoms with Crippen LogP contribution in [0.1, 0.15) is 15.9 Å². The van der Waals surface area contributed by atoms with Gasteiger partial charge in [-0.15, -0.1) is 0 Å². The van der Waals surface area contributed by atoms with E-state index < -0.39 is 20.9 Å². The van der Waals surface area contributed by atoms with Crippen molar-refractivity contribution in [1.29, 1.82) is 0 Å². The van der Waals surface area contributed by atoms with Gasteiger partial charge in [0.2, 0.25) is 10.0 Å². The molecule has 0 aliphatic heterocycles. The third kappa shape index (κ3) is 4.52. The number of hydrogen-bond acceptors (Lipinski definition) is 6. The van der Waals surface area contributed by atoms with E-state index in [0.29, 0.717) is 5.56 Å². The summed E-state index contributed by atoms with van der Waals surface area (Å²) in [6.45, 7) is 0.115. The Bertz CT molecular complexity index is 909. The summed E-state index contributed by atoms with van der Waals surface area (Å²) in [5.41, 5.74) is 0.435. The Balaban J connectivity index is 2.10. The highest BCUT2D eigenvalue weighted by molar-refractivity contribution is 7.89. The number of rotatable bonds is 6. The molecule has 0 fully saturated rings. The monoisotopic (exact) mass is 365 g/mol. The second-order valence-electron chi connectivity index (χ2n) is 5.02. The van der Waals surface area contributed by atoms with E-state index in [2.05, 4.69) is 5.32 Å². The van der Waals surface area contributed by atoms with Crippen molar-refractivity contribution in [3.05, 3.63) is 63.7 Å². The van der Waals surface area contributed by atoms with Crippen molar-refractivity contribution in [1.82, 2.24) is 5.32 Å². The normalized spacial score (nSPS) is 11.0. The van der Waals surface area contributed by atoms with Crippen molar-refractivity contribution >= 4 is 21.6 Å². The summed E-state index contributed by atoms with van der Waals surface area (Å²) in [5.74, 6) is -0.457. The Kier molecular flexibility index (Phi) is 5.35. The largest absolute Gasteiger partial charge is 0.490 e. The molecule has 25 heavy (non-hydrogen) atoms. The van der Waals surface area contributed by atoms with Gasteiger partial charge in [0.05, 0.1) is 16.9 Å². The molecule has 9 nitrogen and oxygen atoms in total. The molecule has 0 heterocycles. The molecule has 2 rings (SSSR count). The number of carbonyl (C=O) groups excluding carboxylic acids is 1.